The van der Waals surface area contributed by atoms with Crippen molar-refractivity contribution < 1.29 is 0 Å². The van der Waals surface area contributed by atoms with Gasteiger partial charge in [0.15, 0.2) is 0 Å². The van der Waals surface area contributed by atoms with E-state index in [2.05, 4.69) is 37.8 Å². The molecule has 0 amide bonds. The van der Waals surface area contributed by atoms with Crippen LogP contribution in [0.2, 0.25) is 0 Å². The molecule has 0 spiro atoms. The Bertz CT molecular complexity index is 326. The SMILES string of the molecule is CCCCC(C#Cc1ccccc1)CCC. The molecule has 0 N–H and O–H groups in total. The van der Waals surface area contributed by atoms with Gasteiger partial charge in [-0.1, -0.05) is 63.1 Å². The average Bonchev–Trinajstić information content (AvgIpc) is 2.34. The summed E-state index contributed by atoms with van der Waals surface area (Å²) in [6.45, 7) is 4.48. The molecule has 0 radical (unpaired) electrons. The molecule has 0 aliphatic rings. The third kappa shape index (κ3) is 5.03. The summed E-state index contributed by atoms with van der Waals surface area (Å²) in [4.78, 5) is 0. The van der Waals surface area contributed by atoms with E-state index in [4.69, 9.17) is 0 Å². The van der Waals surface area contributed by atoms with Gasteiger partial charge in [0.2, 0.25) is 0 Å². The molecule has 0 bridgehead atoms. The zero-order valence-electron chi connectivity index (χ0n) is 10.5. The topological polar surface area (TPSA) is 0 Å². The van der Waals surface area contributed by atoms with Crippen LogP contribution in [-0.2, 0) is 0 Å². The molecule has 16 heavy (non-hydrogen) atoms. The molecule has 0 heterocycles. The highest BCUT2D eigenvalue weighted by Gasteiger charge is 2.02. The number of hydrogen-bond donors (Lipinski definition) is 0. The third-order valence-corrected chi connectivity index (χ3v) is 2.74. The summed E-state index contributed by atoms with van der Waals surface area (Å²) < 4.78 is 0. The molecule has 1 rings (SSSR count). The first-order valence-electron chi connectivity index (χ1n) is 6.43. The second kappa shape index (κ2) is 7.99. The van der Waals surface area contributed by atoms with E-state index in [9.17, 15) is 0 Å². The van der Waals surface area contributed by atoms with Crippen LogP contribution in [0.25, 0.3) is 0 Å². The minimum atomic E-state index is 0.588. The minimum Gasteiger partial charge on any atom is -0.0945 e. The zero-order valence-corrected chi connectivity index (χ0v) is 10.5. The molecule has 0 nitrogen and oxygen atoms in total. The lowest BCUT2D eigenvalue weighted by molar-refractivity contribution is 0.527. The van der Waals surface area contributed by atoms with Gasteiger partial charge in [0.05, 0.1) is 0 Å². The predicted octanol–water partition coefficient (Wildman–Crippen LogP) is 4.64. The van der Waals surface area contributed by atoms with E-state index in [1.54, 1.807) is 0 Å². The average molecular weight is 214 g/mol. The molecule has 0 aliphatic heterocycles. The molecule has 0 saturated heterocycles. The highest BCUT2D eigenvalue weighted by atomic mass is 14.1. The van der Waals surface area contributed by atoms with Crippen LogP contribution in [0.5, 0.6) is 0 Å². The van der Waals surface area contributed by atoms with Crippen LogP contribution in [0.15, 0.2) is 30.3 Å². The summed E-state index contributed by atoms with van der Waals surface area (Å²) >= 11 is 0. The van der Waals surface area contributed by atoms with E-state index < -0.39 is 0 Å². The lowest BCUT2D eigenvalue weighted by Crippen LogP contribution is -1.96. The van der Waals surface area contributed by atoms with Crippen LogP contribution < -0.4 is 0 Å². The Balaban J connectivity index is 2.56. The van der Waals surface area contributed by atoms with Crippen LogP contribution in [0.4, 0.5) is 0 Å². The molecule has 0 heteroatoms. The number of rotatable bonds is 5. The van der Waals surface area contributed by atoms with E-state index in [-0.39, 0.29) is 0 Å². The van der Waals surface area contributed by atoms with Crippen LogP contribution in [-0.4, -0.2) is 0 Å². The molecule has 1 unspecified atom stereocenters. The summed E-state index contributed by atoms with van der Waals surface area (Å²) in [5.74, 6) is 7.30. The van der Waals surface area contributed by atoms with Crippen LogP contribution in [0, 0.1) is 17.8 Å². The van der Waals surface area contributed by atoms with Crippen LogP contribution >= 0.6 is 0 Å². The van der Waals surface area contributed by atoms with Crippen molar-refractivity contribution in [2.75, 3.05) is 0 Å². The summed E-state index contributed by atoms with van der Waals surface area (Å²) in [5.41, 5.74) is 1.14. The van der Waals surface area contributed by atoms with Gasteiger partial charge in [-0.25, -0.2) is 0 Å². The maximum atomic E-state index is 3.42. The monoisotopic (exact) mass is 214 g/mol. The van der Waals surface area contributed by atoms with Crippen molar-refractivity contribution in [1.29, 1.82) is 0 Å². The standard InChI is InChI=1S/C16H22/c1-3-5-10-15(9-4-2)13-14-16-11-7-6-8-12-16/h6-8,11-12,15H,3-5,9-10H2,1-2H3. The van der Waals surface area contributed by atoms with Crippen molar-refractivity contribution in [2.45, 2.75) is 46.0 Å². The fraction of sp³-hybridized carbons (Fsp3) is 0.500. The van der Waals surface area contributed by atoms with Gasteiger partial charge in [-0.15, -0.1) is 0 Å². The van der Waals surface area contributed by atoms with E-state index in [0.717, 1.165) is 5.56 Å². The Morgan fingerprint density at radius 1 is 1.00 bits per heavy atom. The Morgan fingerprint density at radius 2 is 1.75 bits per heavy atom. The summed E-state index contributed by atoms with van der Waals surface area (Å²) in [6.07, 6.45) is 6.29. The Labute approximate surface area is 100 Å². The quantitative estimate of drug-likeness (QED) is 0.626. The summed E-state index contributed by atoms with van der Waals surface area (Å²) in [7, 11) is 0. The van der Waals surface area contributed by atoms with Gasteiger partial charge >= 0.3 is 0 Å². The molecular weight excluding hydrogens is 192 g/mol. The van der Waals surface area contributed by atoms with Crippen molar-refractivity contribution in [3.63, 3.8) is 0 Å². The lowest BCUT2D eigenvalue weighted by atomic mass is 9.97. The van der Waals surface area contributed by atoms with E-state index in [0.29, 0.717) is 5.92 Å². The molecule has 0 aliphatic carbocycles. The maximum Gasteiger partial charge on any atom is 0.0245 e. The van der Waals surface area contributed by atoms with Gasteiger partial charge in [0, 0.05) is 11.5 Å². The van der Waals surface area contributed by atoms with Gasteiger partial charge in [-0.3, -0.25) is 0 Å². The second-order valence-electron chi connectivity index (χ2n) is 4.26. The van der Waals surface area contributed by atoms with E-state index in [1.165, 1.54) is 32.1 Å². The van der Waals surface area contributed by atoms with Crippen LogP contribution in [0.3, 0.4) is 0 Å². The highest BCUT2D eigenvalue weighted by molar-refractivity contribution is 5.34. The fourth-order valence-electron chi connectivity index (χ4n) is 1.79. The Hall–Kier alpha value is -1.22. The predicted molar refractivity (Wildman–Crippen MR) is 71.2 cm³/mol. The number of benzene rings is 1. The number of unbranched alkanes of at least 4 members (excludes halogenated alkanes) is 1. The maximum absolute atomic E-state index is 3.42. The zero-order chi connectivity index (χ0) is 11.6. The molecule has 86 valence electrons. The largest absolute Gasteiger partial charge is 0.0945 e. The molecule has 0 fully saturated rings. The molecule has 0 saturated carbocycles. The van der Waals surface area contributed by atoms with Gasteiger partial charge in [-0.05, 0) is 25.0 Å². The molecular formula is C16H22. The first-order chi connectivity index (χ1) is 7.86. The summed E-state index contributed by atoms with van der Waals surface area (Å²) in [5, 5.41) is 0. The Morgan fingerprint density at radius 3 is 2.38 bits per heavy atom. The van der Waals surface area contributed by atoms with E-state index in [1.807, 2.05) is 18.2 Å². The first kappa shape index (κ1) is 12.8. The van der Waals surface area contributed by atoms with Crippen molar-refractivity contribution in [3.8, 4) is 11.8 Å². The second-order valence-corrected chi connectivity index (χ2v) is 4.26. The Kier molecular flexibility index (Phi) is 6.42. The van der Waals surface area contributed by atoms with Gasteiger partial charge in [-0.2, -0.15) is 0 Å². The highest BCUT2D eigenvalue weighted by Crippen LogP contribution is 2.13. The minimum absolute atomic E-state index is 0.588. The normalized spacial score (nSPS) is 11.6. The lowest BCUT2D eigenvalue weighted by Gasteiger charge is -2.07. The van der Waals surface area contributed by atoms with Crippen molar-refractivity contribution in [2.24, 2.45) is 5.92 Å². The fourth-order valence-corrected chi connectivity index (χ4v) is 1.79. The number of hydrogen-bond acceptors (Lipinski definition) is 0. The van der Waals surface area contributed by atoms with Crippen molar-refractivity contribution >= 4 is 0 Å². The van der Waals surface area contributed by atoms with Crippen molar-refractivity contribution in [3.05, 3.63) is 35.9 Å². The van der Waals surface area contributed by atoms with E-state index >= 15 is 0 Å². The summed E-state index contributed by atoms with van der Waals surface area (Å²) in [6, 6.07) is 10.3. The molecule has 1 aromatic carbocycles. The van der Waals surface area contributed by atoms with Crippen molar-refractivity contribution in [1.82, 2.24) is 0 Å². The van der Waals surface area contributed by atoms with Gasteiger partial charge in [0.25, 0.3) is 0 Å². The van der Waals surface area contributed by atoms with Gasteiger partial charge < -0.3 is 0 Å². The smallest absolute Gasteiger partial charge is 0.0245 e. The van der Waals surface area contributed by atoms with Crippen LogP contribution in [0.1, 0.15) is 51.5 Å². The third-order valence-electron chi connectivity index (χ3n) is 2.74. The first-order valence-corrected chi connectivity index (χ1v) is 6.43. The molecule has 0 aromatic heterocycles. The van der Waals surface area contributed by atoms with Gasteiger partial charge in [0.1, 0.15) is 0 Å². The molecule has 1 aromatic rings. The molecule has 1 atom stereocenters.